The molecule has 24 heavy (non-hydrogen) atoms. The number of aromatic carboxylic acids is 1. The predicted molar refractivity (Wildman–Crippen MR) is 93.0 cm³/mol. The average molecular weight is 348 g/mol. The first-order valence-electron chi connectivity index (χ1n) is 7.44. The molecule has 0 aliphatic carbocycles. The van der Waals surface area contributed by atoms with Gasteiger partial charge in [-0.2, -0.15) is 0 Å². The molecular formula is C18H18ClNO4. The summed E-state index contributed by atoms with van der Waals surface area (Å²) in [5, 5.41) is 12.2. The monoisotopic (exact) mass is 347 g/mol. The van der Waals surface area contributed by atoms with Gasteiger partial charge in [-0.1, -0.05) is 29.8 Å². The molecule has 2 aromatic carbocycles. The minimum Gasteiger partial charge on any atom is -0.487 e. The number of halogens is 1. The van der Waals surface area contributed by atoms with Crippen LogP contribution in [0.1, 0.15) is 29.8 Å². The van der Waals surface area contributed by atoms with E-state index in [0.717, 1.165) is 0 Å². The Hall–Kier alpha value is -2.53. The minimum absolute atomic E-state index is 0.0503. The van der Waals surface area contributed by atoms with E-state index >= 15 is 0 Å². The average Bonchev–Trinajstić information content (AvgIpc) is 2.50. The van der Waals surface area contributed by atoms with Gasteiger partial charge in [-0.05, 0) is 43.7 Å². The Morgan fingerprint density at radius 3 is 2.58 bits per heavy atom. The fourth-order valence-electron chi connectivity index (χ4n) is 2.16. The molecule has 5 nitrogen and oxygen atoms in total. The van der Waals surface area contributed by atoms with Crippen molar-refractivity contribution in [2.75, 3.05) is 5.32 Å². The van der Waals surface area contributed by atoms with Crippen molar-refractivity contribution in [3.05, 3.63) is 58.6 Å². The molecule has 0 heterocycles. The molecule has 0 saturated heterocycles. The van der Waals surface area contributed by atoms with Crippen LogP contribution >= 0.6 is 11.6 Å². The van der Waals surface area contributed by atoms with Crippen molar-refractivity contribution in [3.8, 4) is 5.75 Å². The van der Waals surface area contributed by atoms with Crippen molar-refractivity contribution in [1.29, 1.82) is 0 Å². The third kappa shape index (κ3) is 4.73. The van der Waals surface area contributed by atoms with Gasteiger partial charge in [0.15, 0.2) is 5.75 Å². The Morgan fingerprint density at radius 1 is 1.21 bits per heavy atom. The summed E-state index contributed by atoms with van der Waals surface area (Å²) in [5.41, 5.74) is 1.24. The van der Waals surface area contributed by atoms with E-state index in [4.69, 9.17) is 21.4 Å². The third-order valence-corrected chi connectivity index (χ3v) is 3.43. The quantitative estimate of drug-likeness (QED) is 0.828. The van der Waals surface area contributed by atoms with Crippen LogP contribution in [0.3, 0.4) is 0 Å². The van der Waals surface area contributed by atoms with Crippen molar-refractivity contribution in [3.63, 3.8) is 0 Å². The lowest BCUT2D eigenvalue weighted by Gasteiger charge is -2.16. The molecule has 0 bridgehead atoms. The maximum atomic E-state index is 12.3. The number of nitrogens with one attached hydrogen (secondary N) is 1. The summed E-state index contributed by atoms with van der Waals surface area (Å²) in [6.45, 7) is 3.73. The van der Waals surface area contributed by atoms with Crippen molar-refractivity contribution in [1.82, 2.24) is 0 Å². The van der Waals surface area contributed by atoms with Crippen LogP contribution in [0.15, 0.2) is 42.5 Å². The summed E-state index contributed by atoms with van der Waals surface area (Å²) >= 11 is 6.13. The highest BCUT2D eigenvalue weighted by Crippen LogP contribution is 2.33. The number of hydrogen-bond acceptors (Lipinski definition) is 3. The second-order valence-electron chi connectivity index (χ2n) is 5.51. The Morgan fingerprint density at radius 2 is 1.92 bits per heavy atom. The number of hydrogen-bond donors (Lipinski definition) is 2. The second kappa shape index (κ2) is 7.84. The maximum Gasteiger partial charge on any atom is 0.335 e. The van der Waals surface area contributed by atoms with E-state index in [2.05, 4.69) is 5.32 Å². The first-order chi connectivity index (χ1) is 11.4. The van der Waals surface area contributed by atoms with Gasteiger partial charge >= 0.3 is 5.97 Å². The van der Waals surface area contributed by atoms with Crippen LogP contribution in [0.25, 0.3) is 0 Å². The highest BCUT2D eigenvalue weighted by atomic mass is 35.5. The van der Waals surface area contributed by atoms with E-state index in [1.165, 1.54) is 12.1 Å². The van der Waals surface area contributed by atoms with Crippen molar-refractivity contribution in [2.45, 2.75) is 26.4 Å². The molecule has 0 aliphatic rings. The summed E-state index contributed by atoms with van der Waals surface area (Å²) in [6, 6.07) is 11.4. The Labute approximate surface area is 145 Å². The molecule has 0 spiro atoms. The van der Waals surface area contributed by atoms with Gasteiger partial charge in [-0.25, -0.2) is 4.79 Å². The molecule has 126 valence electrons. The molecule has 0 atom stereocenters. The van der Waals surface area contributed by atoms with Crippen molar-refractivity contribution < 1.29 is 19.4 Å². The molecule has 2 N–H and O–H groups in total. The minimum atomic E-state index is -1.03. The molecule has 0 unspecified atom stereocenters. The van der Waals surface area contributed by atoms with Crippen LogP contribution in [-0.2, 0) is 11.2 Å². The van der Waals surface area contributed by atoms with Gasteiger partial charge in [0.1, 0.15) is 0 Å². The summed E-state index contributed by atoms with van der Waals surface area (Å²) in [5.74, 6) is -0.894. The van der Waals surface area contributed by atoms with E-state index in [1.807, 2.05) is 13.8 Å². The first kappa shape index (κ1) is 17.8. The van der Waals surface area contributed by atoms with Crippen LogP contribution in [0.2, 0.25) is 5.02 Å². The van der Waals surface area contributed by atoms with Gasteiger partial charge in [-0.15, -0.1) is 0 Å². The van der Waals surface area contributed by atoms with Gasteiger partial charge in [0.2, 0.25) is 5.91 Å². The number of para-hydroxylation sites is 1. The number of amides is 1. The molecule has 0 saturated carbocycles. The topological polar surface area (TPSA) is 75.6 Å². The molecule has 0 fully saturated rings. The molecule has 2 rings (SSSR count). The normalized spacial score (nSPS) is 10.5. The van der Waals surface area contributed by atoms with E-state index in [0.29, 0.717) is 22.0 Å². The Bertz CT molecular complexity index is 758. The number of carboxylic acid groups (broad SMARTS) is 1. The summed E-state index contributed by atoms with van der Waals surface area (Å²) in [4.78, 5) is 23.2. The highest BCUT2D eigenvalue weighted by Gasteiger charge is 2.13. The summed E-state index contributed by atoms with van der Waals surface area (Å²) in [6.07, 6.45) is -0.0397. The number of benzene rings is 2. The van der Waals surface area contributed by atoms with E-state index in [9.17, 15) is 9.59 Å². The Kier molecular flexibility index (Phi) is 5.82. The largest absolute Gasteiger partial charge is 0.487 e. The lowest BCUT2D eigenvalue weighted by molar-refractivity contribution is -0.115. The molecule has 6 heteroatoms. The molecule has 0 aliphatic heterocycles. The van der Waals surface area contributed by atoms with Gasteiger partial charge in [0.05, 0.1) is 28.8 Å². The fraction of sp³-hybridized carbons (Fsp3) is 0.222. The Balaban J connectivity index is 2.14. The van der Waals surface area contributed by atoms with Gasteiger partial charge in [0.25, 0.3) is 0 Å². The number of rotatable bonds is 6. The van der Waals surface area contributed by atoms with E-state index < -0.39 is 5.97 Å². The predicted octanol–water partition coefficient (Wildman–Crippen LogP) is 4.01. The molecule has 1 amide bonds. The maximum absolute atomic E-state index is 12.3. The van der Waals surface area contributed by atoms with E-state index in [1.54, 1.807) is 30.3 Å². The number of carboxylic acids is 1. The van der Waals surface area contributed by atoms with Gasteiger partial charge in [0, 0.05) is 0 Å². The fourth-order valence-corrected chi connectivity index (χ4v) is 2.38. The standard InChI is InChI=1S/C18H18ClNO4/c1-11(2)24-17-14(19)7-4-8-15(17)20-16(21)10-12-5-3-6-13(9-12)18(22)23/h3-9,11H,10H2,1-2H3,(H,20,21)(H,22,23). The van der Waals surface area contributed by atoms with Gasteiger partial charge in [-0.3, -0.25) is 4.79 Å². The zero-order chi connectivity index (χ0) is 17.7. The van der Waals surface area contributed by atoms with Crippen molar-refractivity contribution in [2.24, 2.45) is 0 Å². The van der Waals surface area contributed by atoms with Crippen LogP contribution in [-0.4, -0.2) is 23.1 Å². The lowest BCUT2D eigenvalue weighted by Crippen LogP contribution is -2.16. The molecule has 0 radical (unpaired) electrons. The molecule has 2 aromatic rings. The van der Waals surface area contributed by atoms with Crippen LogP contribution in [0.5, 0.6) is 5.75 Å². The third-order valence-electron chi connectivity index (χ3n) is 3.13. The number of carbonyl (C=O) groups excluding carboxylic acids is 1. The molecule has 0 aromatic heterocycles. The van der Waals surface area contributed by atoms with Gasteiger partial charge < -0.3 is 15.2 Å². The SMILES string of the molecule is CC(C)Oc1c(Cl)cccc1NC(=O)Cc1cccc(C(=O)O)c1. The number of ether oxygens (including phenoxy) is 1. The van der Waals surface area contributed by atoms with Crippen LogP contribution in [0, 0.1) is 0 Å². The van der Waals surface area contributed by atoms with Crippen LogP contribution in [0.4, 0.5) is 5.69 Å². The molecular weight excluding hydrogens is 330 g/mol. The lowest BCUT2D eigenvalue weighted by atomic mass is 10.1. The number of carbonyl (C=O) groups is 2. The highest BCUT2D eigenvalue weighted by molar-refractivity contribution is 6.32. The number of anilines is 1. The smallest absolute Gasteiger partial charge is 0.335 e. The second-order valence-corrected chi connectivity index (χ2v) is 5.92. The van der Waals surface area contributed by atoms with Crippen LogP contribution < -0.4 is 10.1 Å². The zero-order valence-electron chi connectivity index (χ0n) is 13.4. The summed E-state index contributed by atoms with van der Waals surface area (Å²) in [7, 11) is 0. The van der Waals surface area contributed by atoms with E-state index in [-0.39, 0.29) is 24.0 Å². The summed E-state index contributed by atoms with van der Waals surface area (Å²) < 4.78 is 5.65. The van der Waals surface area contributed by atoms with Crippen molar-refractivity contribution >= 4 is 29.2 Å². The first-order valence-corrected chi connectivity index (χ1v) is 7.82. The zero-order valence-corrected chi connectivity index (χ0v) is 14.1.